The molecule has 0 bridgehead atoms. The molecule has 1 aromatic carbocycles. The average molecular weight is 309 g/mol. The standard InChI is InChI=1S/C14H20ClF3N2/c1-10(6-5-9-14(16,17)18)19-12-8-4-7-11(15)13(12)20(2)3/h4,7-8,10,19H,5-6,9H2,1-3H3. The zero-order valence-electron chi connectivity index (χ0n) is 11.9. The minimum absolute atomic E-state index is 0.0467. The Balaban J connectivity index is 2.62. The molecule has 0 aromatic heterocycles. The molecule has 1 N–H and O–H groups in total. The fourth-order valence-corrected chi connectivity index (χ4v) is 2.38. The first-order valence-corrected chi connectivity index (χ1v) is 6.87. The molecule has 0 fully saturated rings. The van der Waals surface area contributed by atoms with Crippen LogP contribution in [0.5, 0.6) is 0 Å². The topological polar surface area (TPSA) is 15.3 Å². The maximum atomic E-state index is 12.1. The highest BCUT2D eigenvalue weighted by atomic mass is 35.5. The second-order valence-corrected chi connectivity index (χ2v) is 5.49. The van der Waals surface area contributed by atoms with Crippen molar-refractivity contribution in [3.8, 4) is 0 Å². The molecule has 1 unspecified atom stereocenters. The molecule has 6 heteroatoms. The maximum Gasteiger partial charge on any atom is 0.389 e. The number of para-hydroxylation sites is 1. The van der Waals surface area contributed by atoms with Gasteiger partial charge in [-0.2, -0.15) is 13.2 Å². The van der Waals surface area contributed by atoms with E-state index in [4.69, 9.17) is 11.6 Å². The largest absolute Gasteiger partial charge is 0.389 e. The number of hydrogen-bond donors (Lipinski definition) is 1. The lowest BCUT2D eigenvalue weighted by atomic mass is 10.1. The Kier molecular flexibility index (Phi) is 5.99. The summed E-state index contributed by atoms with van der Waals surface area (Å²) in [5.74, 6) is 0. The number of benzene rings is 1. The summed E-state index contributed by atoms with van der Waals surface area (Å²) < 4.78 is 36.3. The molecule has 20 heavy (non-hydrogen) atoms. The van der Waals surface area contributed by atoms with E-state index in [9.17, 15) is 13.2 Å². The number of alkyl halides is 3. The van der Waals surface area contributed by atoms with Gasteiger partial charge in [0, 0.05) is 26.6 Å². The number of halogens is 4. The summed E-state index contributed by atoms with van der Waals surface area (Å²) in [6, 6.07) is 5.44. The second kappa shape index (κ2) is 7.07. The van der Waals surface area contributed by atoms with Crippen LogP contribution >= 0.6 is 11.6 Å². The minimum atomic E-state index is -4.08. The highest BCUT2D eigenvalue weighted by Crippen LogP contribution is 2.33. The summed E-state index contributed by atoms with van der Waals surface area (Å²) in [5.41, 5.74) is 1.68. The molecule has 0 amide bonds. The lowest BCUT2D eigenvalue weighted by molar-refractivity contribution is -0.135. The third-order valence-corrected chi connectivity index (χ3v) is 3.24. The van der Waals surface area contributed by atoms with E-state index in [1.807, 2.05) is 38.1 Å². The van der Waals surface area contributed by atoms with Gasteiger partial charge in [-0.3, -0.25) is 0 Å². The van der Waals surface area contributed by atoms with Crippen molar-refractivity contribution in [3.63, 3.8) is 0 Å². The van der Waals surface area contributed by atoms with E-state index in [0.29, 0.717) is 11.4 Å². The van der Waals surface area contributed by atoms with Crippen molar-refractivity contribution in [2.24, 2.45) is 0 Å². The smallest absolute Gasteiger partial charge is 0.381 e. The van der Waals surface area contributed by atoms with E-state index in [0.717, 1.165) is 11.4 Å². The molecule has 0 radical (unpaired) electrons. The van der Waals surface area contributed by atoms with E-state index in [2.05, 4.69) is 5.32 Å². The van der Waals surface area contributed by atoms with Gasteiger partial charge in [0.25, 0.3) is 0 Å². The van der Waals surface area contributed by atoms with Crippen LogP contribution in [0.2, 0.25) is 5.02 Å². The van der Waals surface area contributed by atoms with Gasteiger partial charge < -0.3 is 10.2 Å². The molecule has 1 aromatic rings. The molecule has 0 heterocycles. The summed E-state index contributed by atoms with van der Waals surface area (Å²) in [6.45, 7) is 1.87. The third-order valence-electron chi connectivity index (χ3n) is 2.93. The van der Waals surface area contributed by atoms with Crippen molar-refractivity contribution >= 4 is 23.0 Å². The molecule has 1 atom stereocenters. The van der Waals surface area contributed by atoms with Crippen LogP contribution in [0.1, 0.15) is 26.2 Å². The van der Waals surface area contributed by atoms with Crippen molar-refractivity contribution in [2.75, 3.05) is 24.3 Å². The highest BCUT2D eigenvalue weighted by Gasteiger charge is 2.26. The van der Waals surface area contributed by atoms with E-state index >= 15 is 0 Å². The van der Waals surface area contributed by atoms with E-state index in [1.165, 1.54) is 0 Å². The van der Waals surface area contributed by atoms with Crippen LogP contribution in [-0.4, -0.2) is 26.3 Å². The Morgan fingerprint density at radius 3 is 2.50 bits per heavy atom. The van der Waals surface area contributed by atoms with Gasteiger partial charge in [-0.25, -0.2) is 0 Å². The monoisotopic (exact) mass is 308 g/mol. The molecule has 0 spiro atoms. The van der Waals surface area contributed by atoms with Crippen molar-refractivity contribution < 1.29 is 13.2 Å². The number of hydrogen-bond acceptors (Lipinski definition) is 2. The van der Waals surface area contributed by atoms with Gasteiger partial charge >= 0.3 is 6.18 Å². The lowest BCUT2D eigenvalue weighted by Crippen LogP contribution is -2.19. The number of rotatable bonds is 6. The number of nitrogens with zero attached hydrogens (tertiary/aromatic N) is 1. The maximum absolute atomic E-state index is 12.1. The van der Waals surface area contributed by atoms with Crippen molar-refractivity contribution in [1.82, 2.24) is 0 Å². The van der Waals surface area contributed by atoms with Gasteiger partial charge in [0.05, 0.1) is 16.4 Å². The van der Waals surface area contributed by atoms with Gasteiger partial charge in [0.2, 0.25) is 0 Å². The SMILES string of the molecule is CC(CCCC(F)(F)F)Nc1cccc(Cl)c1N(C)C. The Labute approximate surface area is 122 Å². The molecule has 0 aliphatic heterocycles. The quantitative estimate of drug-likeness (QED) is 0.801. The van der Waals surface area contributed by atoms with Crippen LogP contribution < -0.4 is 10.2 Å². The Morgan fingerprint density at radius 2 is 1.95 bits per heavy atom. The molecular weight excluding hydrogens is 289 g/mol. The van der Waals surface area contributed by atoms with Gasteiger partial charge in [0.15, 0.2) is 0 Å². The van der Waals surface area contributed by atoms with Crippen LogP contribution in [0.15, 0.2) is 18.2 Å². The highest BCUT2D eigenvalue weighted by molar-refractivity contribution is 6.34. The van der Waals surface area contributed by atoms with Crippen molar-refractivity contribution in [1.29, 1.82) is 0 Å². The second-order valence-electron chi connectivity index (χ2n) is 5.08. The molecular formula is C14H20ClF3N2. The predicted molar refractivity (Wildman–Crippen MR) is 78.8 cm³/mol. The van der Waals surface area contributed by atoms with Crippen LogP contribution in [-0.2, 0) is 0 Å². The van der Waals surface area contributed by atoms with Crippen LogP contribution in [0.25, 0.3) is 0 Å². The summed E-state index contributed by atoms with van der Waals surface area (Å²) in [4.78, 5) is 1.88. The fraction of sp³-hybridized carbons (Fsp3) is 0.571. The number of anilines is 2. The van der Waals surface area contributed by atoms with Crippen LogP contribution in [0.4, 0.5) is 24.5 Å². The molecule has 0 saturated heterocycles. The molecule has 0 saturated carbocycles. The van der Waals surface area contributed by atoms with Gasteiger partial charge in [-0.05, 0) is 31.9 Å². The summed E-state index contributed by atoms with van der Waals surface area (Å²) in [5, 5.41) is 3.84. The van der Waals surface area contributed by atoms with E-state index in [-0.39, 0.29) is 12.5 Å². The minimum Gasteiger partial charge on any atom is -0.381 e. The summed E-state index contributed by atoms with van der Waals surface area (Å²) >= 11 is 6.14. The van der Waals surface area contributed by atoms with E-state index < -0.39 is 12.6 Å². The fourth-order valence-electron chi connectivity index (χ4n) is 2.03. The summed E-state index contributed by atoms with van der Waals surface area (Å²) in [7, 11) is 3.75. The molecule has 2 nitrogen and oxygen atoms in total. The zero-order valence-corrected chi connectivity index (χ0v) is 12.6. The zero-order chi connectivity index (χ0) is 15.3. The average Bonchev–Trinajstić information content (AvgIpc) is 2.26. The Bertz CT molecular complexity index is 433. The third kappa shape index (κ3) is 5.49. The molecule has 0 aliphatic rings. The summed E-state index contributed by atoms with van der Waals surface area (Å²) in [6.07, 6.45) is -4.24. The van der Waals surface area contributed by atoms with Gasteiger partial charge in [0.1, 0.15) is 0 Å². The molecule has 114 valence electrons. The van der Waals surface area contributed by atoms with Crippen LogP contribution in [0.3, 0.4) is 0 Å². The molecule has 1 rings (SSSR count). The van der Waals surface area contributed by atoms with Gasteiger partial charge in [-0.15, -0.1) is 0 Å². The van der Waals surface area contributed by atoms with Crippen molar-refractivity contribution in [3.05, 3.63) is 23.2 Å². The number of nitrogens with one attached hydrogen (secondary N) is 1. The van der Waals surface area contributed by atoms with Crippen molar-refractivity contribution in [2.45, 2.75) is 38.4 Å². The Hall–Kier alpha value is -1.10. The Morgan fingerprint density at radius 1 is 1.30 bits per heavy atom. The predicted octanol–water partition coefficient (Wildman–Crippen LogP) is 4.94. The molecule has 0 aliphatic carbocycles. The first kappa shape index (κ1) is 17.0. The first-order chi connectivity index (χ1) is 9.20. The van der Waals surface area contributed by atoms with Gasteiger partial charge in [-0.1, -0.05) is 17.7 Å². The normalized spacial score (nSPS) is 13.2. The van der Waals surface area contributed by atoms with Crippen LogP contribution in [0, 0.1) is 0 Å². The van der Waals surface area contributed by atoms with E-state index in [1.54, 1.807) is 6.07 Å². The lowest BCUT2D eigenvalue weighted by Gasteiger charge is -2.23. The first-order valence-electron chi connectivity index (χ1n) is 6.50.